The highest BCUT2D eigenvalue weighted by Gasteiger charge is 2.14. The fraction of sp³-hybridized carbons (Fsp3) is 0.231. The fourth-order valence-electron chi connectivity index (χ4n) is 1.99. The van der Waals surface area contributed by atoms with Crippen LogP contribution in [0.1, 0.15) is 21.7 Å². The Balaban J connectivity index is 2.58. The van der Waals surface area contributed by atoms with Gasteiger partial charge in [0.2, 0.25) is 5.82 Å². The third-order valence-electron chi connectivity index (χ3n) is 2.69. The minimum atomic E-state index is -1.08. The SMILES string of the molecule is COc1c(C)cc(C)cc1-c1cnc(C(=O)O)[nH]1. The van der Waals surface area contributed by atoms with Crippen LogP contribution in [-0.2, 0) is 0 Å². The Bertz CT molecular complexity index is 602. The van der Waals surface area contributed by atoms with Crippen molar-refractivity contribution in [3.63, 3.8) is 0 Å². The van der Waals surface area contributed by atoms with E-state index >= 15 is 0 Å². The van der Waals surface area contributed by atoms with Gasteiger partial charge < -0.3 is 14.8 Å². The highest BCUT2D eigenvalue weighted by Crippen LogP contribution is 2.32. The Labute approximate surface area is 104 Å². The number of methoxy groups -OCH3 is 1. The molecule has 1 heterocycles. The number of nitrogens with zero attached hydrogens (tertiary/aromatic N) is 1. The number of aromatic amines is 1. The molecule has 0 saturated heterocycles. The second kappa shape index (κ2) is 4.52. The van der Waals surface area contributed by atoms with Gasteiger partial charge in [-0.15, -0.1) is 0 Å². The molecule has 0 spiro atoms. The molecular weight excluding hydrogens is 232 g/mol. The van der Waals surface area contributed by atoms with Crippen LogP contribution in [0.3, 0.4) is 0 Å². The number of nitrogens with one attached hydrogen (secondary N) is 1. The first-order valence-electron chi connectivity index (χ1n) is 5.47. The molecule has 1 aromatic carbocycles. The van der Waals surface area contributed by atoms with Crippen LogP contribution >= 0.6 is 0 Å². The average Bonchev–Trinajstić information content (AvgIpc) is 2.77. The lowest BCUT2D eigenvalue weighted by Gasteiger charge is -2.11. The van der Waals surface area contributed by atoms with E-state index in [1.54, 1.807) is 7.11 Å². The monoisotopic (exact) mass is 246 g/mol. The van der Waals surface area contributed by atoms with E-state index in [9.17, 15) is 4.79 Å². The molecule has 0 radical (unpaired) electrons. The van der Waals surface area contributed by atoms with Gasteiger partial charge in [-0.05, 0) is 31.0 Å². The van der Waals surface area contributed by atoms with Crippen LogP contribution in [-0.4, -0.2) is 28.2 Å². The van der Waals surface area contributed by atoms with Crippen molar-refractivity contribution < 1.29 is 14.6 Å². The standard InChI is InChI=1S/C13H14N2O3/c1-7-4-8(2)11(18-3)9(5-7)10-6-14-12(15-10)13(16)17/h4-6H,1-3H3,(H,14,15)(H,16,17). The Kier molecular flexibility index (Phi) is 3.06. The lowest BCUT2D eigenvalue weighted by atomic mass is 10.0. The molecule has 0 aliphatic heterocycles. The Hall–Kier alpha value is -2.30. The Morgan fingerprint density at radius 1 is 1.39 bits per heavy atom. The summed E-state index contributed by atoms with van der Waals surface area (Å²) in [5, 5.41) is 8.86. The number of aromatic carboxylic acids is 1. The summed E-state index contributed by atoms with van der Waals surface area (Å²) in [6.07, 6.45) is 1.50. The highest BCUT2D eigenvalue weighted by atomic mass is 16.5. The average molecular weight is 246 g/mol. The summed E-state index contributed by atoms with van der Waals surface area (Å²) in [6.45, 7) is 3.92. The second-order valence-electron chi connectivity index (χ2n) is 4.11. The minimum absolute atomic E-state index is 0.0776. The summed E-state index contributed by atoms with van der Waals surface area (Å²) < 4.78 is 5.36. The molecule has 0 aliphatic rings. The van der Waals surface area contributed by atoms with Gasteiger partial charge in [0.05, 0.1) is 19.0 Å². The van der Waals surface area contributed by atoms with Crippen LogP contribution in [0.5, 0.6) is 5.75 Å². The van der Waals surface area contributed by atoms with Gasteiger partial charge in [0.15, 0.2) is 0 Å². The zero-order valence-corrected chi connectivity index (χ0v) is 10.4. The lowest BCUT2D eigenvalue weighted by Crippen LogP contribution is -1.98. The number of benzene rings is 1. The van der Waals surface area contributed by atoms with Crippen LogP contribution in [0.2, 0.25) is 0 Å². The summed E-state index contributed by atoms with van der Waals surface area (Å²) in [7, 11) is 1.59. The molecule has 0 atom stereocenters. The summed E-state index contributed by atoms with van der Waals surface area (Å²) in [4.78, 5) is 17.4. The third kappa shape index (κ3) is 2.07. The van der Waals surface area contributed by atoms with Crippen LogP contribution in [0, 0.1) is 13.8 Å². The van der Waals surface area contributed by atoms with Crippen molar-refractivity contribution in [1.82, 2.24) is 9.97 Å². The topological polar surface area (TPSA) is 75.2 Å². The molecule has 0 amide bonds. The Morgan fingerprint density at radius 3 is 2.67 bits per heavy atom. The highest BCUT2D eigenvalue weighted by molar-refractivity contribution is 5.84. The van der Waals surface area contributed by atoms with Gasteiger partial charge in [0, 0.05) is 5.56 Å². The van der Waals surface area contributed by atoms with Crippen molar-refractivity contribution in [3.05, 3.63) is 35.3 Å². The number of imidazole rings is 1. The smallest absolute Gasteiger partial charge is 0.371 e. The predicted octanol–water partition coefficient (Wildman–Crippen LogP) is 2.40. The zero-order valence-electron chi connectivity index (χ0n) is 10.4. The van der Waals surface area contributed by atoms with E-state index < -0.39 is 5.97 Å². The molecule has 1 aromatic heterocycles. The molecule has 18 heavy (non-hydrogen) atoms. The number of rotatable bonds is 3. The van der Waals surface area contributed by atoms with E-state index in [1.165, 1.54) is 6.20 Å². The molecule has 5 nitrogen and oxygen atoms in total. The predicted molar refractivity (Wildman–Crippen MR) is 67.0 cm³/mol. The summed E-state index contributed by atoms with van der Waals surface area (Å²) in [6, 6.07) is 3.95. The third-order valence-corrected chi connectivity index (χ3v) is 2.69. The number of H-pyrrole nitrogens is 1. The first kappa shape index (κ1) is 12.2. The molecule has 0 unspecified atom stereocenters. The van der Waals surface area contributed by atoms with Gasteiger partial charge in [-0.3, -0.25) is 0 Å². The number of carboxylic acid groups (broad SMARTS) is 1. The van der Waals surface area contributed by atoms with E-state index in [0.717, 1.165) is 22.4 Å². The van der Waals surface area contributed by atoms with Gasteiger partial charge in [0.25, 0.3) is 0 Å². The maximum absolute atomic E-state index is 10.8. The first-order chi connectivity index (χ1) is 8.52. The molecule has 0 bridgehead atoms. The largest absolute Gasteiger partial charge is 0.496 e. The van der Waals surface area contributed by atoms with Crippen molar-refractivity contribution in [3.8, 4) is 17.0 Å². The summed E-state index contributed by atoms with van der Waals surface area (Å²) in [5.41, 5.74) is 3.53. The van der Waals surface area contributed by atoms with Crippen LogP contribution < -0.4 is 4.74 Å². The number of ether oxygens (including phenoxy) is 1. The van der Waals surface area contributed by atoms with Crippen molar-refractivity contribution in [2.75, 3.05) is 7.11 Å². The van der Waals surface area contributed by atoms with Crippen molar-refractivity contribution >= 4 is 5.97 Å². The minimum Gasteiger partial charge on any atom is -0.496 e. The van der Waals surface area contributed by atoms with Crippen LogP contribution in [0.25, 0.3) is 11.3 Å². The van der Waals surface area contributed by atoms with Gasteiger partial charge in [-0.2, -0.15) is 0 Å². The maximum Gasteiger partial charge on any atom is 0.371 e. The van der Waals surface area contributed by atoms with Crippen molar-refractivity contribution in [2.24, 2.45) is 0 Å². The second-order valence-corrected chi connectivity index (χ2v) is 4.11. The van der Waals surface area contributed by atoms with E-state index in [2.05, 4.69) is 9.97 Å². The van der Waals surface area contributed by atoms with Crippen molar-refractivity contribution in [1.29, 1.82) is 0 Å². The normalized spacial score (nSPS) is 10.4. The molecule has 5 heteroatoms. The number of aromatic nitrogens is 2. The van der Waals surface area contributed by atoms with E-state index in [0.29, 0.717) is 5.69 Å². The maximum atomic E-state index is 10.8. The number of aryl methyl sites for hydroxylation is 2. The van der Waals surface area contributed by atoms with E-state index in [1.807, 2.05) is 26.0 Å². The molecule has 2 rings (SSSR count). The molecule has 2 N–H and O–H groups in total. The van der Waals surface area contributed by atoms with Gasteiger partial charge in [-0.25, -0.2) is 9.78 Å². The van der Waals surface area contributed by atoms with E-state index in [4.69, 9.17) is 9.84 Å². The molecule has 0 fully saturated rings. The zero-order chi connectivity index (χ0) is 13.3. The molecule has 0 saturated carbocycles. The van der Waals surface area contributed by atoms with Crippen LogP contribution in [0.15, 0.2) is 18.3 Å². The summed E-state index contributed by atoms with van der Waals surface area (Å²) in [5.74, 6) is -0.433. The summed E-state index contributed by atoms with van der Waals surface area (Å²) >= 11 is 0. The molecular formula is C13H14N2O3. The van der Waals surface area contributed by atoms with Gasteiger partial charge >= 0.3 is 5.97 Å². The van der Waals surface area contributed by atoms with Gasteiger partial charge in [-0.1, -0.05) is 6.07 Å². The van der Waals surface area contributed by atoms with Crippen LogP contribution in [0.4, 0.5) is 0 Å². The molecule has 2 aromatic rings. The Morgan fingerprint density at radius 2 is 2.11 bits per heavy atom. The van der Waals surface area contributed by atoms with Gasteiger partial charge in [0.1, 0.15) is 5.75 Å². The quantitative estimate of drug-likeness (QED) is 0.872. The lowest BCUT2D eigenvalue weighted by molar-refractivity contribution is 0.0685. The fourth-order valence-corrected chi connectivity index (χ4v) is 1.99. The first-order valence-corrected chi connectivity index (χ1v) is 5.47. The number of carbonyl (C=O) groups is 1. The number of carboxylic acids is 1. The number of hydrogen-bond acceptors (Lipinski definition) is 3. The van der Waals surface area contributed by atoms with Crippen molar-refractivity contribution in [2.45, 2.75) is 13.8 Å². The number of hydrogen-bond donors (Lipinski definition) is 2. The molecule has 0 aliphatic carbocycles. The van der Waals surface area contributed by atoms with E-state index in [-0.39, 0.29) is 5.82 Å². The molecule has 94 valence electrons.